The number of nitrogens with one attached hydrogen (secondary N) is 2. The van der Waals surface area contributed by atoms with Crippen molar-refractivity contribution in [1.29, 1.82) is 0 Å². The summed E-state index contributed by atoms with van der Waals surface area (Å²) >= 11 is 0. The Labute approximate surface area is 151 Å². The molecule has 1 amide bonds. The average Bonchev–Trinajstić information content (AvgIpc) is 2.54. The number of anilines is 2. The van der Waals surface area contributed by atoms with Crippen LogP contribution in [0.15, 0.2) is 42.7 Å². The Morgan fingerprint density at radius 1 is 1.08 bits per heavy atom. The molecule has 0 bridgehead atoms. The molecule has 0 saturated heterocycles. The van der Waals surface area contributed by atoms with Crippen LogP contribution >= 0.6 is 0 Å². The van der Waals surface area contributed by atoms with Crippen molar-refractivity contribution >= 4 is 17.3 Å². The molecule has 25 heavy (non-hydrogen) atoms. The highest BCUT2D eigenvalue weighted by molar-refractivity contribution is 6.04. The lowest BCUT2D eigenvalue weighted by molar-refractivity contribution is 0.102. The van der Waals surface area contributed by atoms with Crippen LogP contribution < -0.4 is 10.6 Å². The number of pyridine rings is 1. The molecule has 4 heteroatoms. The van der Waals surface area contributed by atoms with E-state index >= 15 is 0 Å². The summed E-state index contributed by atoms with van der Waals surface area (Å²) in [6.07, 6.45) is 4.41. The molecule has 1 aromatic heterocycles. The van der Waals surface area contributed by atoms with Gasteiger partial charge in [0.15, 0.2) is 0 Å². The number of nitrogens with zero attached hydrogens (tertiary/aromatic N) is 1. The lowest BCUT2D eigenvalue weighted by Crippen LogP contribution is -2.14. The molecule has 1 aromatic carbocycles. The Morgan fingerprint density at radius 3 is 2.36 bits per heavy atom. The molecule has 0 spiro atoms. The SMILES string of the molecule is CC(C)CCNc1cncc(C(=O)Nc2ccc(C(C)(C)C)cc2)c1. The van der Waals surface area contributed by atoms with E-state index in [9.17, 15) is 4.79 Å². The van der Waals surface area contributed by atoms with Crippen LogP contribution in [0.2, 0.25) is 0 Å². The van der Waals surface area contributed by atoms with Gasteiger partial charge in [0.05, 0.1) is 11.3 Å². The van der Waals surface area contributed by atoms with E-state index in [1.807, 2.05) is 18.2 Å². The van der Waals surface area contributed by atoms with Crippen molar-refractivity contribution in [3.8, 4) is 0 Å². The van der Waals surface area contributed by atoms with E-state index in [1.165, 1.54) is 5.56 Å². The minimum absolute atomic E-state index is 0.0996. The van der Waals surface area contributed by atoms with Crippen LogP contribution in [-0.2, 0) is 5.41 Å². The summed E-state index contributed by atoms with van der Waals surface area (Å²) in [7, 11) is 0. The third-order valence-electron chi connectivity index (χ3n) is 4.06. The number of hydrogen-bond donors (Lipinski definition) is 2. The summed E-state index contributed by atoms with van der Waals surface area (Å²) in [6, 6.07) is 9.83. The van der Waals surface area contributed by atoms with E-state index < -0.39 is 0 Å². The highest BCUT2D eigenvalue weighted by atomic mass is 16.1. The van der Waals surface area contributed by atoms with E-state index in [2.05, 4.69) is 62.4 Å². The highest BCUT2D eigenvalue weighted by Crippen LogP contribution is 2.23. The Bertz CT molecular complexity index is 700. The summed E-state index contributed by atoms with van der Waals surface area (Å²) in [5, 5.41) is 6.25. The number of amides is 1. The Morgan fingerprint density at radius 2 is 1.76 bits per heavy atom. The van der Waals surface area contributed by atoms with Crippen LogP contribution in [0.1, 0.15) is 57.0 Å². The molecule has 2 aromatic rings. The predicted molar refractivity (Wildman–Crippen MR) is 105 cm³/mol. The molecule has 0 aliphatic carbocycles. The lowest BCUT2D eigenvalue weighted by atomic mass is 9.87. The summed E-state index contributed by atoms with van der Waals surface area (Å²) in [6.45, 7) is 11.8. The van der Waals surface area contributed by atoms with Crippen molar-refractivity contribution in [3.05, 3.63) is 53.9 Å². The van der Waals surface area contributed by atoms with E-state index in [-0.39, 0.29) is 11.3 Å². The maximum Gasteiger partial charge on any atom is 0.257 e. The predicted octanol–water partition coefficient (Wildman–Crippen LogP) is 5.09. The molecule has 0 atom stereocenters. The first-order valence-electron chi connectivity index (χ1n) is 8.86. The Kier molecular flexibility index (Phi) is 6.18. The number of hydrogen-bond acceptors (Lipinski definition) is 3. The fraction of sp³-hybridized carbons (Fsp3) is 0.429. The minimum atomic E-state index is -0.150. The van der Waals surface area contributed by atoms with Crippen molar-refractivity contribution in [3.63, 3.8) is 0 Å². The fourth-order valence-corrected chi connectivity index (χ4v) is 2.42. The second-order valence-electron chi connectivity index (χ2n) is 7.85. The number of rotatable bonds is 6. The van der Waals surface area contributed by atoms with Gasteiger partial charge in [0.2, 0.25) is 0 Å². The molecular weight excluding hydrogens is 310 g/mol. The van der Waals surface area contributed by atoms with Crippen LogP contribution in [-0.4, -0.2) is 17.4 Å². The van der Waals surface area contributed by atoms with E-state index in [1.54, 1.807) is 12.4 Å². The van der Waals surface area contributed by atoms with Crippen molar-refractivity contribution in [2.24, 2.45) is 5.92 Å². The first-order chi connectivity index (χ1) is 11.8. The average molecular weight is 339 g/mol. The molecule has 2 N–H and O–H groups in total. The maximum atomic E-state index is 12.5. The third-order valence-corrected chi connectivity index (χ3v) is 4.06. The van der Waals surface area contributed by atoms with Crippen LogP contribution in [0.4, 0.5) is 11.4 Å². The third kappa shape index (κ3) is 5.89. The van der Waals surface area contributed by atoms with E-state index in [0.29, 0.717) is 11.5 Å². The zero-order chi connectivity index (χ0) is 18.4. The van der Waals surface area contributed by atoms with E-state index in [0.717, 1.165) is 24.3 Å². The van der Waals surface area contributed by atoms with Gasteiger partial charge in [0, 0.05) is 24.6 Å². The van der Waals surface area contributed by atoms with Crippen LogP contribution in [0.5, 0.6) is 0 Å². The zero-order valence-electron chi connectivity index (χ0n) is 15.9. The van der Waals surface area contributed by atoms with Crippen LogP contribution in [0.25, 0.3) is 0 Å². The van der Waals surface area contributed by atoms with Crippen molar-refractivity contribution in [2.45, 2.75) is 46.5 Å². The second kappa shape index (κ2) is 8.15. The van der Waals surface area contributed by atoms with Crippen molar-refractivity contribution in [2.75, 3.05) is 17.2 Å². The molecule has 0 aliphatic rings. The first kappa shape index (κ1) is 19.0. The van der Waals surface area contributed by atoms with E-state index in [4.69, 9.17) is 0 Å². The van der Waals surface area contributed by atoms with Gasteiger partial charge in [-0.1, -0.05) is 46.8 Å². The summed E-state index contributed by atoms with van der Waals surface area (Å²) in [5.41, 5.74) is 3.55. The Balaban J connectivity index is 2.00. The minimum Gasteiger partial charge on any atom is -0.384 e. The standard InChI is InChI=1S/C21H29N3O/c1-15(2)10-11-23-19-12-16(13-22-14-19)20(25)24-18-8-6-17(7-9-18)21(3,4)5/h6-9,12-15,23H,10-11H2,1-5H3,(H,24,25). The van der Waals surface area contributed by atoms with Gasteiger partial charge in [0.1, 0.15) is 0 Å². The Hall–Kier alpha value is -2.36. The van der Waals surface area contributed by atoms with Gasteiger partial charge in [-0.15, -0.1) is 0 Å². The summed E-state index contributed by atoms with van der Waals surface area (Å²) in [5.74, 6) is 0.492. The highest BCUT2D eigenvalue weighted by Gasteiger charge is 2.13. The van der Waals surface area contributed by atoms with Gasteiger partial charge in [-0.05, 0) is 41.5 Å². The number of aromatic nitrogens is 1. The molecule has 0 unspecified atom stereocenters. The molecule has 0 radical (unpaired) electrons. The van der Waals surface area contributed by atoms with Gasteiger partial charge < -0.3 is 10.6 Å². The van der Waals surface area contributed by atoms with Crippen molar-refractivity contribution < 1.29 is 4.79 Å². The lowest BCUT2D eigenvalue weighted by Gasteiger charge is -2.19. The largest absolute Gasteiger partial charge is 0.384 e. The molecule has 2 rings (SSSR count). The maximum absolute atomic E-state index is 12.5. The smallest absolute Gasteiger partial charge is 0.257 e. The number of benzene rings is 1. The second-order valence-corrected chi connectivity index (χ2v) is 7.85. The molecule has 134 valence electrons. The fourth-order valence-electron chi connectivity index (χ4n) is 2.42. The normalized spacial score (nSPS) is 11.4. The van der Waals surface area contributed by atoms with Crippen LogP contribution in [0, 0.1) is 5.92 Å². The molecule has 0 saturated carbocycles. The molecule has 0 fully saturated rings. The topological polar surface area (TPSA) is 54.0 Å². The van der Waals surface area contributed by atoms with Crippen LogP contribution in [0.3, 0.4) is 0 Å². The molecule has 0 aliphatic heterocycles. The summed E-state index contributed by atoms with van der Waals surface area (Å²) in [4.78, 5) is 16.6. The summed E-state index contributed by atoms with van der Waals surface area (Å²) < 4.78 is 0. The van der Waals surface area contributed by atoms with Crippen molar-refractivity contribution in [1.82, 2.24) is 4.98 Å². The van der Waals surface area contributed by atoms with Gasteiger partial charge in [-0.3, -0.25) is 9.78 Å². The quantitative estimate of drug-likeness (QED) is 0.771. The van der Waals surface area contributed by atoms with Gasteiger partial charge in [-0.2, -0.15) is 0 Å². The van der Waals surface area contributed by atoms with Gasteiger partial charge in [0.25, 0.3) is 5.91 Å². The number of carbonyl (C=O) groups excluding carboxylic acids is 1. The zero-order valence-corrected chi connectivity index (χ0v) is 15.9. The molecule has 1 heterocycles. The van der Waals surface area contributed by atoms with Gasteiger partial charge in [-0.25, -0.2) is 0 Å². The first-order valence-corrected chi connectivity index (χ1v) is 8.86. The van der Waals surface area contributed by atoms with Gasteiger partial charge >= 0.3 is 0 Å². The molecule has 4 nitrogen and oxygen atoms in total. The monoisotopic (exact) mass is 339 g/mol. The number of carbonyl (C=O) groups is 1. The molecular formula is C21H29N3O.